The van der Waals surface area contributed by atoms with E-state index in [-0.39, 0.29) is 17.6 Å². The second-order valence-corrected chi connectivity index (χ2v) is 4.70. The molecule has 1 unspecified atom stereocenters. The van der Waals surface area contributed by atoms with Gasteiger partial charge in [0, 0.05) is 24.4 Å². The van der Waals surface area contributed by atoms with Crippen molar-refractivity contribution in [3.8, 4) is 0 Å². The summed E-state index contributed by atoms with van der Waals surface area (Å²) in [6.07, 6.45) is 1.76. The fourth-order valence-corrected chi connectivity index (χ4v) is 2.44. The Morgan fingerprint density at radius 3 is 2.79 bits per heavy atom. The lowest BCUT2D eigenvalue weighted by molar-refractivity contribution is -0.384. The minimum atomic E-state index is -0.425. The van der Waals surface area contributed by atoms with Gasteiger partial charge in [0.25, 0.3) is 5.69 Å². The van der Waals surface area contributed by atoms with E-state index < -0.39 is 4.92 Å². The molecule has 102 valence electrons. The van der Waals surface area contributed by atoms with E-state index in [1.54, 1.807) is 24.9 Å². The van der Waals surface area contributed by atoms with Crippen molar-refractivity contribution in [2.75, 3.05) is 18.5 Å². The van der Waals surface area contributed by atoms with Crippen LogP contribution in [0.1, 0.15) is 18.4 Å². The van der Waals surface area contributed by atoms with Crippen LogP contribution in [0.25, 0.3) is 0 Å². The van der Waals surface area contributed by atoms with Crippen LogP contribution in [0.4, 0.5) is 11.4 Å². The molecule has 0 aromatic heterocycles. The SMILES string of the molecule is CNC1CCCN(c2ccc([N+](=O)[O-])cc2C)C1=O. The van der Waals surface area contributed by atoms with Crippen LogP contribution < -0.4 is 10.2 Å². The Balaban J connectivity index is 2.31. The Hall–Kier alpha value is -1.95. The molecule has 0 bridgehead atoms. The first-order valence-electron chi connectivity index (χ1n) is 6.28. The van der Waals surface area contributed by atoms with Crippen molar-refractivity contribution < 1.29 is 9.72 Å². The van der Waals surface area contributed by atoms with Crippen LogP contribution in [0, 0.1) is 17.0 Å². The third kappa shape index (κ3) is 2.58. The highest BCUT2D eigenvalue weighted by Gasteiger charge is 2.29. The summed E-state index contributed by atoms with van der Waals surface area (Å²) in [6.45, 7) is 2.45. The molecule has 1 saturated heterocycles. The first-order valence-corrected chi connectivity index (χ1v) is 6.28. The molecule has 1 atom stereocenters. The maximum atomic E-state index is 12.3. The van der Waals surface area contributed by atoms with Gasteiger partial charge in [0.2, 0.25) is 5.91 Å². The van der Waals surface area contributed by atoms with Gasteiger partial charge in [-0.25, -0.2) is 0 Å². The number of carbonyl (C=O) groups excluding carboxylic acids is 1. The van der Waals surface area contributed by atoms with Gasteiger partial charge in [-0.05, 0) is 38.4 Å². The fourth-order valence-electron chi connectivity index (χ4n) is 2.44. The second-order valence-electron chi connectivity index (χ2n) is 4.70. The van der Waals surface area contributed by atoms with Crippen molar-refractivity contribution in [1.29, 1.82) is 0 Å². The highest BCUT2D eigenvalue weighted by molar-refractivity contribution is 5.98. The molecule has 1 aliphatic rings. The van der Waals surface area contributed by atoms with Crippen molar-refractivity contribution in [2.45, 2.75) is 25.8 Å². The molecule has 19 heavy (non-hydrogen) atoms. The molecule has 0 aliphatic carbocycles. The molecule has 1 N–H and O–H groups in total. The number of likely N-dealkylation sites (N-methyl/N-ethyl adjacent to an activating group) is 1. The zero-order valence-electron chi connectivity index (χ0n) is 11.0. The molecule has 1 aromatic carbocycles. The molecule has 1 heterocycles. The molecule has 0 radical (unpaired) electrons. The van der Waals surface area contributed by atoms with Crippen LogP contribution in [0.5, 0.6) is 0 Å². The van der Waals surface area contributed by atoms with Crippen LogP contribution in [0.2, 0.25) is 0 Å². The van der Waals surface area contributed by atoms with Gasteiger partial charge in [-0.3, -0.25) is 14.9 Å². The van der Waals surface area contributed by atoms with Crippen LogP contribution in [0.15, 0.2) is 18.2 Å². The molecular weight excluding hydrogens is 246 g/mol. The van der Waals surface area contributed by atoms with Gasteiger partial charge < -0.3 is 10.2 Å². The number of hydrogen-bond acceptors (Lipinski definition) is 4. The molecule has 1 fully saturated rings. The van der Waals surface area contributed by atoms with Crippen molar-refractivity contribution in [2.24, 2.45) is 0 Å². The van der Waals surface area contributed by atoms with Crippen LogP contribution in [0.3, 0.4) is 0 Å². The number of non-ortho nitro benzene ring substituents is 1. The minimum Gasteiger partial charge on any atom is -0.311 e. The van der Waals surface area contributed by atoms with Crippen molar-refractivity contribution in [1.82, 2.24) is 5.32 Å². The van der Waals surface area contributed by atoms with E-state index in [1.165, 1.54) is 12.1 Å². The van der Waals surface area contributed by atoms with E-state index in [0.717, 1.165) is 24.1 Å². The van der Waals surface area contributed by atoms with Crippen LogP contribution in [-0.4, -0.2) is 30.5 Å². The summed E-state index contributed by atoms with van der Waals surface area (Å²) in [5, 5.41) is 13.7. The van der Waals surface area contributed by atoms with Gasteiger partial charge in [-0.2, -0.15) is 0 Å². The van der Waals surface area contributed by atoms with Gasteiger partial charge in [0.15, 0.2) is 0 Å². The van der Waals surface area contributed by atoms with Gasteiger partial charge in [0.1, 0.15) is 0 Å². The first kappa shape index (κ1) is 13.5. The Bertz CT molecular complexity index is 516. The number of rotatable bonds is 3. The number of piperidine rings is 1. The summed E-state index contributed by atoms with van der Waals surface area (Å²) in [6, 6.07) is 4.44. The van der Waals surface area contributed by atoms with Crippen LogP contribution >= 0.6 is 0 Å². The van der Waals surface area contributed by atoms with Gasteiger partial charge in [-0.15, -0.1) is 0 Å². The number of aryl methyl sites for hydroxylation is 1. The number of carbonyl (C=O) groups is 1. The lowest BCUT2D eigenvalue weighted by Crippen LogP contribution is -2.50. The average Bonchev–Trinajstić information content (AvgIpc) is 2.39. The normalized spacial score (nSPS) is 19.6. The molecular formula is C13H17N3O3. The lowest BCUT2D eigenvalue weighted by Gasteiger charge is -2.32. The summed E-state index contributed by atoms with van der Waals surface area (Å²) in [7, 11) is 1.77. The van der Waals surface area contributed by atoms with E-state index in [4.69, 9.17) is 0 Å². The Morgan fingerprint density at radius 1 is 1.47 bits per heavy atom. The Morgan fingerprint density at radius 2 is 2.21 bits per heavy atom. The molecule has 1 aromatic rings. The smallest absolute Gasteiger partial charge is 0.269 e. The molecule has 6 nitrogen and oxygen atoms in total. The predicted octanol–water partition coefficient (Wildman–Crippen LogP) is 1.62. The second kappa shape index (κ2) is 5.36. The van der Waals surface area contributed by atoms with E-state index >= 15 is 0 Å². The zero-order valence-corrected chi connectivity index (χ0v) is 11.0. The maximum absolute atomic E-state index is 12.3. The molecule has 1 amide bonds. The number of amides is 1. The highest BCUT2D eigenvalue weighted by atomic mass is 16.6. The topological polar surface area (TPSA) is 75.5 Å². The van der Waals surface area contributed by atoms with Crippen molar-refractivity contribution in [3.05, 3.63) is 33.9 Å². The number of nitrogens with zero attached hydrogens (tertiary/aromatic N) is 2. The van der Waals surface area contributed by atoms with Crippen molar-refractivity contribution in [3.63, 3.8) is 0 Å². The molecule has 0 saturated carbocycles. The zero-order chi connectivity index (χ0) is 14.0. The molecule has 2 rings (SSSR count). The number of nitro groups is 1. The number of benzene rings is 1. The molecule has 6 heteroatoms. The van der Waals surface area contributed by atoms with Crippen LogP contribution in [-0.2, 0) is 4.79 Å². The third-order valence-corrected chi connectivity index (χ3v) is 3.47. The average molecular weight is 263 g/mol. The molecule has 1 aliphatic heterocycles. The summed E-state index contributed by atoms with van der Waals surface area (Å²) >= 11 is 0. The van der Waals surface area contributed by atoms with E-state index in [1.807, 2.05) is 0 Å². The predicted molar refractivity (Wildman–Crippen MR) is 72.3 cm³/mol. The summed E-state index contributed by atoms with van der Waals surface area (Å²) < 4.78 is 0. The Kier molecular flexibility index (Phi) is 3.80. The fraction of sp³-hybridized carbons (Fsp3) is 0.462. The van der Waals surface area contributed by atoms with E-state index in [2.05, 4.69) is 5.32 Å². The highest BCUT2D eigenvalue weighted by Crippen LogP contribution is 2.27. The summed E-state index contributed by atoms with van der Waals surface area (Å²) in [5.41, 5.74) is 1.56. The minimum absolute atomic E-state index is 0.0331. The van der Waals surface area contributed by atoms with Gasteiger partial charge in [0.05, 0.1) is 11.0 Å². The van der Waals surface area contributed by atoms with E-state index in [0.29, 0.717) is 6.54 Å². The number of nitro benzene ring substituents is 1. The number of anilines is 1. The standard InChI is InChI=1S/C13H17N3O3/c1-9-8-10(16(18)19)5-6-12(9)15-7-3-4-11(14-2)13(15)17/h5-6,8,11,14H,3-4,7H2,1-2H3. The Labute approximate surface area is 111 Å². The number of nitrogens with one attached hydrogen (secondary N) is 1. The largest absolute Gasteiger partial charge is 0.311 e. The maximum Gasteiger partial charge on any atom is 0.269 e. The van der Waals surface area contributed by atoms with E-state index in [9.17, 15) is 14.9 Å². The molecule has 0 spiro atoms. The monoisotopic (exact) mass is 263 g/mol. The quantitative estimate of drug-likeness (QED) is 0.664. The van der Waals surface area contributed by atoms with Gasteiger partial charge >= 0.3 is 0 Å². The lowest BCUT2D eigenvalue weighted by atomic mass is 10.0. The summed E-state index contributed by atoms with van der Waals surface area (Å²) in [5.74, 6) is 0.0331. The van der Waals surface area contributed by atoms with Crippen molar-refractivity contribution >= 4 is 17.3 Å². The number of hydrogen-bond donors (Lipinski definition) is 1. The first-order chi connectivity index (χ1) is 9.04. The van der Waals surface area contributed by atoms with Gasteiger partial charge in [-0.1, -0.05) is 0 Å². The summed E-state index contributed by atoms with van der Waals surface area (Å²) in [4.78, 5) is 24.3. The third-order valence-electron chi connectivity index (χ3n) is 3.47.